The van der Waals surface area contributed by atoms with Crippen LogP contribution in [-0.2, 0) is 17.5 Å². The summed E-state index contributed by atoms with van der Waals surface area (Å²) in [6.45, 7) is 4.62. The van der Waals surface area contributed by atoms with E-state index in [4.69, 9.17) is 9.47 Å². The largest absolute Gasteiger partial charge is 0.493 e. The van der Waals surface area contributed by atoms with Crippen LogP contribution in [-0.4, -0.2) is 37.6 Å². The summed E-state index contributed by atoms with van der Waals surface area (Å²) in [5.41, 5.74) is 0.484. The number of hydrogen-bond donors (Lipinski definition) is 1. The van der Waals surface area contributed by atoms with Gasteiger partial charge in [0, 0.05) is 12.2 Å². The third-order valence-corrected chi connectivity index (χ3v) is 4.48. The standard InChI is InChI=1S/C21H25F3N2O3/c1-5-29-18-11-6-15(12-19(18)28-4)13-26(3)14(2)20(27)25-17-9-7-16(8-10-17)21(22,23)24/h6-12,14H,5,13H2,1-4H3,(H,25,27)/t14-/m1/s1. The highest BCUT2D eigenvalue weighted by molar-refractivity contribution is 5.94. The van der Waals surface area contributed by atoms with E-state index in [1.165, 1.54) is 12.1 Å². The number of nitrogens with zero attached hydrogens (tertiary/aromatic N) is 1. The van der Waals surface area contributed by atoms with Crippen molar-refractivity contribution < 1.29 is 27.4 Å². The molecule has 2 aromatic rings. The SMILES string of the molecule is CCOc1ccc(CN(C)[C@H](C)C(=O)Nc2ccc(C(F)(F)F)cc2)cc1OC. The van der Waals surface area contributed by atoms with Crippen LogP contribution in [0.5, 0.6) is 11.5 Å². The Kier molecular flexibility index (Phi) is 7.50. The summed E-state index contributed by atoms with van der Waals surface area (Å²) in [4.78, 5) is 14.3. The van der Waals surface area contributed by atoms with Gasteiger partial charge in [0.1, 0.15) is 0 Å². The molecule has 0 spiro atoms. The minimum Gasteiger partial charge on any atom is -0.493 e. The highest BCUT2D eigenvalue weighted by Gasteiger charge is 2.30. The maximum Gasteiger partial charge on any atom is 0.416 e. The van der Waals surface area contributed by atoms with Crippen LogP contribution in [0.4, 0.5) is 18.9 Å². The lowest BCUT2D eigenvalue weighted by molar-refractivity contribution is -0.137. The Morgan fingerprint density at radius 3 is 2.34 bits per heavy atom. The molecule has 2 rings (SSSR count). The van der Waals surface area contributed by atoms with Gasteiger partial charge in [-0.2, -0.15) is 13.2 Å². The monoisotopic (exact) mass is 410 g/mol. The number of carbonyl (C=O) groups is 1. The highest BCUT2D eigenvalue weighted by Crippen LogP contribution is 2.30. The second-order valence-electron chi connectivity index (χ2n) is 6.57. The second-order valence-corrected chi connectivity index (χ2v) is 6.57. The number of alkyl halides is 3. The molecule has 0 unspecified atom stereocenters. The smallest absolute Gasteiger partial charge is 0.416 e. The first-order valence-corrected chi connectivity index (χ1v) is 9.13. The Balaban J connectivity index is 2.00. The van der Waals surface area contributed by atoms with Gasteiger partial charge in [-0.1, -0.05) is 6.07 Å². The summed E-state index contributed by atoms with van der Waals surface area (Å²) in [5.74, 6) is 0.944. The highest BCUT2D eigenvalue weighted by atomic mass is 19.4. The van der Waals surface area contributed by atoms with Gasteiger partial charge in [-0.3, -0.25) is 9.69 Å². The molecule has 2 aromatic carbocycles. The average molecular weight is 410 g/mol. The molecule has 0 bridgehead atoms. The third kappa shape index (κ3) is 6.12. The van der Waals surface area contributed by atoms with Gasteiger partial charge in [-0.25, -0.2) is 0 Å². The van der Waals surface area contributed by atoms with Gasteiger partial charge in [0.15, 0.2) is 11.5 Å². The van der Waals surface area contributed by atoms with E-state index in [9.17, 15) is 18.0 Å². The van der Waals surface area contributed by atoms with Gasteiger partial charge in [0.2, 0.25) is 5.91 Å². The minimum atomic E-state index is -4.41. The Labute approximate surface area is 168 Å². The number of halogens is 3. The Hall–Kier alpha value is -2.74. The fourth-order valence-electron chi connectivity index (χ4n) is 2.70. The summed E-state index contributed by atoms with van der Waals surface area (Å²) >= 11 is 0. The van der Waals surface area contributed by atoms with E-state index >= 15 is 0 Å². The van der Waals surface area contributed by atoms with Crippen molar-refractivity contribution in [3.8, 4) is 11.5 Å². The Bertz CT molecular complexity index is 823. The van der Waals surface area contributed by atoms with Crippen LogP contribution in [0.3, 0.4) is 0 Å². The number of methoxy groups -OCH3 is 1. The normalized spacial score (nSPS) is 12.6. The van der Waals surface area contributed by atoms with Crippen molar-refractivity contribution in [2.75, 3.05) is 26.1 Å². The predicted octanol–water partition coefficient (Wildman–Crippen LogP) is 4.57. The Morgan fingerprint density at radius 2 is 1.79 bits per heavy atom. The lowest BCUT2D eigenvalue weighted by Crippen LogP contribution is -2.39. The molecule has 0 aromatic heterocycles. The van der Waals surface area contributed by atoms with Crippen LogP contribution in [0.1, 0.15) is 25.0 Å². The van der Waals surface area contributed by atoms with Crippen LogP contribution in [0, 0.1) is 0 Å². The first kappa shape index (κ1) is 22.5. The number of benzene rings is 2. The molecule has 8 heteroatoms. The van der Waals surface area contributed by atoms with Crippen molar-refractivity contribution in [2.24, 2.45) is 0 Å². The van der Waals surface area contributed by atoms with E-state index in [1.54, 1.807) is 21.1 Å². The molecule has 0 aliphatic carbocycles. The summed E-state index contributed by atoms with van der Waals surface area (Å²) in [6, 6.07) is 9.42. The van der Waals surface area contributed by atoms with Gasteiger partial charge in [0.05, 0.1) is 25.3 Å². The molecule has 0 aliphatic rings. The summed E-state index contributed by atoms with van der Waals surface area (Å²) in [6.07, 6.45) is -4.41. The zero-order valence-electron chi connectivity index (χ0n) is 16.8. The topological polar surface area (TPSA) is 50.8 Å². The minimum absolute atomic E-state index is 0.311. The molecule has 5 nitrogen and oxygen atoms in total. The molecule has 0 heterocycles. The summed E-state index contributed by atoms with van der Waals surface area (Å²) in [5, 5.41) is 2.64. The fraction of sp³-hybridized carbons (Fsp3) is 0.381. The number of amides is 1. The first-order chi connectivity index (χ1) is 13.7. The van der Waals surface area contributed by atoms with Gasteiger partial charge in [-0.15, -0.1) is 0 Å². The average Bonchev–Trinajstić information content (AvgIpc) is 2.68. The molecule has 1 N–H and O–H groups in total. The molecule has 1 atom stereocenters. The molecule has 0 saturated carbocycles. The number of likely N-dealkylation sites (N-methyl/N-ethyl adjacent to an activating group) is 1. The van der Waals surface area contributed by atoms with E-state index < -0.39 is 17.8 Å². The molecule has 29 heavy (non-hydrogen) atoms. The van der Waals surface area contributed by atoms with Crippen LogP contribution in [0.15, 0.2) is 42.5 Å². The van der Waals surface area contributed by atoms with Crippen LogP contribution in [0.25, 0.3) is 0 Å². The van der Waals surface area contributed by atoms with Crippen molar-refractivity contribution in [3.63, 3.8) is 0 Å². The van der Waals surface area contributed by atoms with E-state index in [0.29, 0.717) is 30.3 Å². The molecule has 1 amide bonds. The molecule has 0 fully saturated rings. The van der Waals surface area contributed by atoms with Crippen molar-refractivity contribution in [2.45, 2.75) is 32.6 Å². The molecule has 158 valence electrons. The van der Waals surface area contributed by atoms with Crippen LogP contribution < -0.4 is 14.8 Å². The van der Waals surface area contributed by atoms with E-state index in [-0.39, 0.29) is 5.91 Å². The Morgan fingerprint density at radius 1 is 1.14 bits per heavy atom. The zero-order chi connectivity index (χ0) is 21.6. The predicted molar refractivity (Wildman–Crippen MR) is 105 cm³/mol. The van der Waals surface area contributed by atoms with E-state index in [0.717, 1.165) is 17.7 Å². The van der Waals surface area contributed by atoms with Gasteiger partial charge < -0.3 is 14.8 Å². The number of carbonyl (C=O) groups excluding carboxylic acids is 1. The molecule has 0 aliphatic heterocycles. The third-order valence-electron chi connectivity index (χ3n) is 4.48. The number of rotatable bonds is 8. The van der Waals surface area contributed by atoms with Crippen molar-refractivity contribution >= 4 is 11.6 Å². The number of ether oxygens (including phenoxy) is 2. The summed E-state index contributed by atoms with van der Waals surface area (Å²) in [7, 11) is 3.35. The second kappa shape index (κ2) is 9.65. The maximum atomic E-state index is 12.6. The van der Waals surface area contributed by atoms with Gasteiger partial charge >= 0.3 is 6.18 Å². The number of hydrogen-bond acceptors (Lipinski definition) is 4. The van der Waals surface area contributed by atoms with E-state index in [2.05, 4.69) is 5.32 Å². The lowest BCUT2D eigenvalue weighted by atomic mass is 10.1. The quantitative estimate of drug-likeness (QED) is 0.693. The molecule has 0 saturated heterocycles. The maximum absolute atomic E-state index is 12.6. The number of nitrogens with one attached hydrogen (secondary N) is 1. The van der Waals surface area contributed by atoms with Crippen molar-refractivity contribution in [1.82, 2.24) is 4.90 Å². The van der Waals surface area contributed by atoms with Gasteiger partial charge in [0.25, 0.3) is 0 Å². The molecule has 0 radical (unpaired) electrons. The molecular weight excluding hydrogens is 385 g/mol. The fourth-order valence-corrected chi connectivity index (χ4v) is 2.70. The number of anilines is 1. The van der Waals surface area contributed by atoms with E-state index in [1.807, 2.05) is 30.0 Å². The summed E-state index contributed by atoms with van der Waals surface area (Å²) < 4.78 is 48.7. The van der Waals surface area contributed by atoms with Gasteiger partial charge in [-0.05, 0) is 62.9 Å². The lowest BCUT2D eigenvalue weighted by Gasteiger charge is -2.24. The molecular formula is C21H25F3N2O3. The van der Waals surface area contributed by atoms with Crippen molar-refractivity contribution in [3.05, 3.63) is 53.6 Å². The zero-order valence-corrected chi connectivity index (χ0v) is 16.8. The van der Waals surface area contributed by atoms with Crippen LogP contribution >= 0.6 is 0 Å². The van der Waals surface area contributed by atoms with Crippen molar-refractivity contribution in [1.29, 1.82) is 0 Å². The first-order valence-electron chi connectivity index (χ1n) is 9.13. The van der Waals surface area contributed by atoms with Crippen LogP contribution in [0.2, 0.25) is 0 Å².